The minimum atomic E-state index is -3.94. The van der Waals surface area contributed by atoms with Crippen molar-refractivity contribution in [1.29, 1.82) is 0 Å². The van der Waals surface area contributed by atoms with E-state index < -0.39 is 18.9 Å². The Bertz CT molecular complexity index is 192. The minimum Gasteiger partial charge on any atom is -0.310 e. The topological polar surface area (TPSA) is 12.0 Å². The van der Waals surface area contributed by atoms with Gasteiger partial charge in [-0.25, -0.2) is 8.78 Å². The summed E-state index contributed by atoms with van der Waals surface area (Å²) in [7, 11) is 0. The highest BCUT2D eigenvalue weighted by Gasteiger charge is 2.39. The molecule has 0 aliphatic rings. The Hall–Kier alpha value is -0.760. The first-order chi connectivity index (χ1) is 6.00. The summed E-state index contributed by atoms with van der Waals surface area (Å²) in [5.41, 5.74) is 0. The van der Waals surface area contributed by atoms with Gasteiger partial charge in [-0.3, -0.25) is 0 Å². The fourth-order valence-electron chi connectivity index (χ4n) is 0.608. The molecule has 1 N–H and O–H groups in total. The maximum atomic E-state index is 12.2. The number of hydrogen-bond acceptors (Lipinski definition) is 1. The average molecular weight is 197 g/mol. The third kappa shape index (κ3) is 5.47. The molecule has 0 aromatic heterocycles. The van der Waals surface area contributed by atoms with Gasteiger partial charge in [0.2, 0.25) is 0 Å². The van der Waals surface area contributed by atoms with Crippen LogP contribution in [0.5, 0.6) is 0 Å². The van der Waals surface area contributed by atoms with Crippen molar-refractivity contribution >= 4 is 0 Å². The van der Waals surface area contributed by atoms with Crippen LogP contribution < -0.4 is 5.32 Å². The molecule has 0 fully saturated rings. The predicted molar refractivity (Wildman–Crippen MR) is 41.9 cm³/mol. The molecule has 0 aliphatic heterocycles. The summed E-state index contributed by atoms with van der Waals surface area (Å²) in [5, 5.41) is 2.21. The Morgan fingerprint density at radius 3 is 2.46 bits per heavy atom. The third-order valence-corrected chi connectivity index (χ3v) is 1.28. The average Bonchev–Trinajstić information content (AvgIpc) is 2.03. The molecule has 0 heterocycles. The normalized spacial score (nSPS) is 11.2. The zero-order valence-corrected chi connectivity index (χ0v) is 7.21. The van der Waals surface area contributed by atoms with E-state index in [4.69, 9.17) is 0 Å². The van der Waals surface area contributed by atoms with Gasteiger partial charge < -0.3 is 5.32 Å². The van der Waals surface area contributed by atoms with E-state index in [1.54, 1.807) is 6.92 Å². The second-order valence-electron chi connectivity index (χ2n) is 2.42. The van der Waals surface area contributed by atoms with Crippen LogP contribution in [-0.4, -0.2) is 25.4 Å². The second kappa shape index (κ2) is 5.81. The molecule has 0 aromatic rings. The highest BCUT2D eigenvalue weighted by molar-refractivity contribution is 4.95. The lowest BCUT2D eigenvalue weighted by atomic mass is 10.3. The van der Waals surface area contributed by atoms with Crippen LogP contribution in [0.25, 0.3) is 0 Å². The highest BCUT2D eigenvalue weighted by Crippen LogP contribution is 2.21. The van der Waals surface area contributed by atoms with Crippen LogP contribution in [0.4, 0.5) is 17.6 Å². The van der Waals surface area contributed by atoms with Gasteiger partial charge in [-0.15, -0.1) is 11.8 Å². The van der Waals surface area contributed by atoms with Gasteiger partial charge >= 0.3 is 12.3 Å². The number of alkyl halides is 4. The summed E-state index contributed by atoms with van der Waals surface area (Å²) in [6.45, 7) is 0.812. The molecule has 0 aromatic carbocycles. The van der Waals surface area contributed by atoms with Gasteiger partial charge in [0.05, 0.1) is 6.54 Å². The third-order valence-electron chi connectivity index (χ3n) is 1.28. The molecular weight excluding hydrogens is 186 g/mol. The van der Waals surface area contributed by atoms with Crippen LogP contribution in [-0.2, 0) is 0 Å². The number of halogens is 4. The van der Waals surface area contributed by atoms with Gasteiger partial charge in [0.25, 0.3) is 0 Å². The van der Waals surface area contributed by atoms with Gasteiger partial charge in [0, 0.05) is 13.0 Å². The van der Waals surface area contributed by atoms with E-state index in [9.17, 15) is 17.6 Å². The molecular formula is C8H11F4N. The van der Waals surface area contributed by atoms with Crippen molar-refractivity contribution in [2.45, 2.75) is 25.7 Å². The Labute approximate surface area is 74.5 Å². The Morgan fingerprint density at radius 2 is 2.00 bits per heavy atom. The number of rotatable bonds is 5. The lowest BCUT2D eigenvalue weighted by molar-refractivity contribution is -0.125. The van der Waals surface area contributed by atoms with Crippen LogP contribution in [0, 0.1) is 11.8 Å². The van der Waals surface area contributed by atoms with Crippen LogP contribution in [0.2, 0.25) is 0 Å². The molecule has 0 spiro atoms. The first-order valence-corrected chi connectivity index (χ1v) is 3.77. The predicted octanol–water partition coefficient (Wildman–Crippen LogP) is 1.89. The zero-order valence-electron chi connectivity index (χ0n) is 7.21. The molecule has 0 unspecified atom stereocenters. The molecule has 0 amide bonds. The fraction of sp³-hybridized carbons (Fsp3) is 0.750. The van der Waals surface area contributed by atoms with E-state index in [-0.39, 0.29) is 6.54 Å². The smallest absolute Gasteiger partial charge is 0.310 e. The summed E-state index contributed by atoms with van der Waals surface area (Å²) in [6.07, 6.45) is -3.23. The molecule has 0 radical (unpaired) electrons. The molecule has 0 saturated carbocycles. The molecule has 1 nitrogen and oxygen atoms in total. The lowest BCUT2D eigenvalue weighted by Crippen LogP contribution is -2.39. The molecule has 0 bridgehead atoms. The van der Waals surface area contributed by atoms with Crippen LogP contribution in [0.1, 0.15) is 13.3 Å². The van der Waals surface area contributed by atoms with Gasteiger partial charge in [-0.1, -0.05) is 0 Å². The number of hydrogen-bond donors (Lipinski definition) is 1. The maximum Gasteiger partial charge on any atom is 0.319 e. The Kier molecular flexibility index (Phi) is 5.47. The molecule has 0 atom stereocenters. The zero-order chi connectivity index (χ0) is 10.3. The SMILES string of the molecule is CC#CCCNCC(F)(F)C(F)F. The van der Waals surface area contributed by atoms with Crippen molar-refractivity contribution in [2.75, 3.05) is 13.1 Å². The Balaban J connectivity index is 3.56. The molecule has 5 heteroatoms. The van der Waals surface area contributed by atoms with E-state index in [0.29, 0.717) is 6.42 Å². The van der Waals surface area contributed by atoms with Crippen molar-refractivity contribution < 1.29 is 17.6 Å². The Morgan fingerprint density at radius 1 is 1.38 bits per heavy atom. The first-order valence-electron chi connectivity index (χ1n) is 3.77. The first kappa shape index (κ1) is 12.2. The maximum absolute atomic E-state index is 12.2. The van der Waals surface area contributed by atoms with Gasteiger partial charge in [-0.2, -0.15) is 8.78 Å². The van der Waals surface area contributed by atoms with E-state index in [1.165, 1.54) is 0 Å². The van der Waals surface area contributed by atoms with Crippen molar-refractivity contribution in [2.24, 2.45) is 0 Å². The largest absolute Gasteiger partial charge is 0.319 e. The summed E-state index contributed by atoms with van der Waals surface area (Å²) in [4.78, 5) is 0. The molecule has 0 saturated heterocycles. The van der Waals surface area contributed by atoms with Crippen molar-refractivity contribution in [3.05, 3.63) is 0 Å². The van der Waals surface area contributed by atoms with E-state index >= 15 is 0 Å². The summed E-state index contributed by atoms with van der Waals surface area (Å²) < 4.78 is 47.6. The minimum absolute atomic E-state index is 0.198. The fourth-order valence-corrected chi connectivity index (χ4v) is 0.608. The second-order valence-corrected chi connectivity index (χ2v) is 2.42. The highest BCUT2D eigenvalue weighted by atomic mass is 19.3. The van der Waals surface area contributed by atoms with Crippen LogP contribution in [0.3, 0.4) is 0 Å². The summed E-state index contributed by atoms with van der Waals surface area (Å²) in [5.74, 6) is 1.24. The monoisotopic (exact) mass is 197 g/mol. The standard InChI is InChI=1S/C8H11F4N/c1-2-3-4-5-13-6-8(11,12)7(9)10/h7,13H,4-6H2,1H3. The lowest BCUT2D eigenvalue weighted by Gasteiger charge is -2.14. The van der Waals surface area contributed by atoms with Crippen LogP contribution in [0.15, 0.2) is 0 Å². The van der Waals surface area contributed by atoms with Crippen molar-refractivity contribution in [3.8, 4) is 11.8 Å². The molecule has 76 valence electrons. The van der Waals surface area contributed by atoms with E-state index in [1.807, 2.05) is 0 Å². The summed E-state index contributed by atoms with van der Waals surface area (Å²) in [6, 6.07) is 0. The van der Waals surface area contributed by atoms with Gasteiger partial charge in [0.15, 0.2) is 0 Å². The quantitative estimate of drug-likeness (QED) is 0.403. The van der Waals surface area contributed by atoms with E-state index in [2.05, 4.69) is 17.2 Å². The van der Waals surface area contributed by atoms with Crippen LogP contribution >= 0.6 is 0 Å². The van der Waals surface area contributed by atoms with Crippen molar-refractivity contribution in [3.63, 3.8) is 0 Å². The van der Waals surface area contributed by atoms with Crippen molar-refractivity contribution in [1.82, 2.24) is 5.32 Å². The number of nitrogens with one attached hydrogen (secondary N) is 1. The molecule has 13 heavy (non-hydrogen) atoms. The van der Waals surface area contributed by atoms with Gasteiger partial charge in [-0.05, 0) is 6.92 Å². The molecule has 0 aliphatic carbocycles. The summed E-state index contributed by atoms with van der Waals surface area (Å²) >= 11 is 0. The molecule has 0 rings (SSSR count). The van der Waals surface area contributed by atoms with E-state index in [0.717, 1.165) is 0 Å². The van der Waals surface area contributed by atoms with Gasteiger partial charge in [0.1, 0.15) is 0 Å².